The number of aryl methyl sites for hydroxylation is 1. The lowest BCUT2D eigenvalue weighted by Crippen LogP contribution is -2.26. The van der Waals surface area contributed by atoms with E-state index in [0.717, 1.165) is 34.0 Å². The maximum atomic E-state index is 12.1. The molecule has 1 N–H and O–H groups in total. The van der Waals surface area contributed by atoms with Gasteiger partial charge in [0.25, 0.3) is 10.1 Å². The summed E-state index contributed by atoms with van der Waals surface area (Å²) >= 11 is 1.73. The third-order valence-electron chi connectivity index (χ3n) is 5.22. The van der Waals surface area contributed by atoms with Gasteiger partial charge >= 0.3 is 0 Å². The predicted octanol–water partition coefficient (Wildman–Crippen LogP) is 5.66. The zero-order valence-corrected chi connectivity index (χ0v) is 18.4. The Hall–Kier alpha value is -2.35. The third kappa shape index (κ3) is 4.38. The lowest BCUT2D eigenvalue weighted by atomic mass is 10.1. The first-order valence-corrected chi connectivity index (χ1v) is 12.3. The van der Waals surface area contributed by atoms with Crippen LogP contribution in [0.25, 0.3) is 0 Å². The van der Waals surface area contributed by atoms with Crippen molar-refractivity contribution in [2.75, 3.05) is 11.4 Å². The van der Waals surface area contributed by atoms with E-state index in [2.05, 4.69) is 47.1 Å². The Bertz CT molecular complexity index is 1130. The Morgan fingerprint density at radius 3 is 2.53 bits per heavy atom. The second-order valence-corrected chi connectivity index (χ2v) is 10.0. The molecule has 0 saturated heterocycles. The molecule has 4 rings (SSSR count). The van der Waals surface area contributed by atoms with E-state index >= 15 is 0 Å². The van der Waals surface area contributed by atoms with Crippen molar-refractivity contribution in [2.45, 2.75) is 41.2 Å². The molecule has 1 aliphatic heterocycles. The standard InChI is InChI=1S/C23H24N2O3S2/c1-2-7-17-11-12-22-20(16-17)25(19-9-3-4-10-21(19)29-22)15-13-23(30(26,27)28)18-8-5-6-14-24-18/h3-6,8-12,14,16,23H,2,7,13,15H2,1H3,(H,26,27,28). The number of pyridine rings is 1. The van der Waals surface area contributed by atoms with Gasteiger partial charge in [-0.05, 0) is 54.8 Å². The second kappa shape index (κ2) is 8.79. The zero-order chi connectivity index (χ0) is 21.1. The number of hydrogen-bond acceptors (Lipinski definition) is 5. The molecule has 5 nitrogen and oxygen atoms in total. The van der Waals surface area contributed by atoms with Crippen molar-refractivity contribution in [3.8, 4) is 0 Å². The van der Waals surface area contributed by atoms with Crippen LogP contribution in [0.3, 0.4) is 0 Å². The van der Waals surface area contributed by atoms with E-state index < -0.39 is 15.4 Å². The van der Waals surface area contributed by atoms with Gasteiger partial charge in [-0.1, -0.05) is 49.4 Å². The molecule has 0 amide bonds. The van der Waals surface area contributed by atoms with Crippen LogP contribution in [0.15, 0.2) is 76.7 Å². The van der Waals surface area contributed by atoms with Crippen LogP contribution in [0, 0.1) is 0 Å². The molecular formula is C23H24N2O3S2. The van der Waals surface area contributed by atoms with E-state index in [0.29, 0.717) is 12.2 Å². The van der Waals surface area contributed by atoms with E-state index in [1.807, 2.05) is 12.1 Å². The summed E-state index contributed by atoms with van der Waals surface area (Å²) in [5.74, 6) is 0. The SMILES string of the molecule is CCCc1ccc2c(c1)N(CCC(c1ccccn1)S(=O)(=O)O)c1ccccc1S2. The Labute approximate surface area is 181 Å². The maximum absolute atomic E-state index is 12.1. The average Bonchev–Trinajstić information content (AvgIpc) is 2.73. The smallest absolute Gasteiger partial charge is 0.273 e. The number of benzene rings is 2. The minimum atomic E-state index is -4.28. The normalized spacial score (nSPS) is 14.1. The summed E-state index contributed by atoms with van der Waals surface area (Å²) in [6.07, 6.45) is 3.83. The Kier molecular flexibility index (Phi) is 6.13. The van der Waals surface area contributed by atoms with E-state index in [-0.39, 0.29) is 6.42 Å². The first kappa shape index (κ1) is 20.9. The van der Waals surface area contributed by atoms with Crippen LogP contribution < -0.4 is 4.90 Å². The summed E-state index contributed by atoms with van der Waals surface area (Å²) in [4.78, 5) is 8.62. The molecule has 0 fully saturated rings. The van der Waals surface area contributed by atoms with E-state index in [1.54, 1.807) is 36.2 Å². The first-order chi connectivity index (χ1) is 14.5. The topological polar surface area (TPSA) is 70.5 Å². The first-order valence-electron chi connectivity index (χ1n) is 10.0. The van der Waals surface area contributed by atoms with E-state index in [1.165, 1.54) is 5.56 Å². The van der Waals surface area contributed by atoms with Crippen molar-refractivity contribution in [3.63, 3.8) is 0 Å². The third-order valence-corrected chi connectivity index (χ3v) is 7.55. The van der Waals surface area contributed by atoms with Crippen LogP contribution in [0.2, 0.25) is 0 Å². The van der Waals surface area contributed by atoms with E-state index in [4.69, 9.17) is 0 Å². The number of nitrogens with zero attached hydrogens (tertiary/aromatic N) is 2. The van der Waals surface area contributed by atoms with Crippen LogP contribution in [0.1, 0.15) is 36.3 Å². The molecule has 0 aliphatic carbocycles. The zero-order valence-electron chi connectivity index (χ0n) is 16.7. The van der Waals surface area contributed by atoms with Gasteiger partial charge in [0.2, 0.25) is 0 Å². The Morgan fingerprint density at radius 2 is 1.80 bits per heavy atom. The second-order valence-electron chi connectivity index (χ2n) is 7.32. The molecular weight excluding hydrogens is 416 g/mol. The molecule has 7 heteroatoms. The summed E-state index contributed by atoms with van der Waals surface area (Å²) < 4.78 is 34.1. The van der Waals surface area contributed by atoms with Gasteiger partial charge in [0, 0.05) is 22.5 Å². The van der Waals surface area contributed by atoms with Gasteiger partial charge in [0.15, 0.2) is 0 Å². The molecule has 1 aliphatic rings. The highest BCUT2D eigenvalue weighted by Gasteiger charge is 2.29. The molecule has 2 aromatic carbocycles. The van der Waals surface area contributed by atoms with Gasteiger partial charge in [-0.25, -0.2) is 0 Å². The molecule has 3 aromatic rings. The van der Waals surface area contributed by atoms with Crippen LogP contribution in [-0.2, 0) is 16.5 Å². The minimum Gasteiger partial charge on any atom is -0.340 e. The summed E-state index contributed by atoms with van der Waals surface area (Å²) in [5, 5.41) is -1.07. The molecule has 1 atom stereocenters. The Morgan fingerprint density at radius 1 is 1.03 bits per heavy atom. The van der Waals surface area contributed by atoms with Crippen molar-refractivity contribution in [1.82, 2.24) is 4.98 Å². The summed E-state index contributed by atoms with van der Waals surface area (Å²) in [7, 11) is -4.28. The van der Waals surface area contributed by atoms with Crippen LogP contribution in [-0.4, -0.2) is 24.5 Å². The molecule has 0 radical (unpaired) electrons. The van der Waals surface area contributed by atoms with Crippen molar-refractivity contribution >= 4 is 33.3 Å². The summed E-state index contributed by atoms with van der Waals surface area (Å²) in [6, 6.07) is 19.8. The fraction of sp³-hybridized carbons (Fsp3) is 0.261. The molecule has 1 aromatic heterocycles. The molecule has 2 heterocycles. The predicted molar refractivity (Wildman–Crippen MR) is 121 cm³/mol. The lowest BCUT2D eigenvalue weighted by Gasteiger charge is -2.34. The number of rotatable bonds is 7. The molecule has 1 unspecified atom stereocenters. The molecule has 30 heavy (non-hydrogen) atoms. The summed E-state index contributed by atoms with van der Waals surface area (Å²) in [5.41, 5.74) is 3.76. The van der Waals surface area contributed by atoms with Crippen molar-refractivity contribution in [2.24, 2.45) is 0 Å². The fourth-order valence-corrected chi connectivity index (χ4v) is 5.75. The minimum absolute atomic E-state index is 0.228. The fourth-order valence-electron chi connectivity index (χ4n) is 3.82. The monoisotopic (exact) mass is 440 g/mol. The van der Waals surface area contributed by atoms with E-state index in [9.17, 15) is 13.0 Å². The highest BCUT2D eigenvalue weighted by atomic mass is 32.2. The maximum Gasteiger partial charge on any atom is 0.273 e. The van der Waals surface area contributed by atoms with Crippen molar-refractivity contribution < 1.29 is 13.0 Å². The van der Waals surface area contributed by atoms with Crippen molar-refractivity contribution in [3.05, 3.63) is 78.1 Å². The van der Waals surface area contributed by atoms with Crippen LogP contribution in [0.4, 0.5) is 11.4 Å². The van der Waals surface area contributed by atoms with Gasteiger partial charge < -0.3 is 4.90 Å². The number of aromatic nitrogens is 1. The van der Waals surface area contributed by atoms with Gasteiger partial charge in [-0.3, -0.25) is 9.54 Å². The highest BCUT2D eigenvalue weighted by molar-refractivity contribution is 7.99. The van der Waals surface area contributed by atoms with Gasteiger partial charge in [-0.15, -0.1) is 0 Å². The van der Waals surface area contributed by atoms with Crippen molar-refractivity contribution in [1.29, 1.82) is 0 Å². The van der Waals surface area contributed by atoms with Gasteiger partial charge in [0.1, 0.15) is 5.25 Å². The highest BCUT2D eigenvalue weighted by Crippen LogP contribution is 2.48. The molecule has 0 bridgehead atoms. The number of para-hydroxylation sites is 1. The van der Waals surface area contributed by atoms with Gasteiger partial charge in [-0.2, -0.15) is 8.42 Å². The van der Waals surface area contributed by atoms with Crippen LogP contribution >= 0.6 is 11.8 Å². The molecule has 156 valence electrons. The molecule has 0 saturated carbocycles. The quantitative estimate of drug-likeness (QED) is 0.478. The lowest BCUT2D eigenvalue weighted by molar-refractivity contribution is 0.463. The average molecular weight is 441 g/mol. The number of anilines is 2. The largest absolute Gasteiger partial charge is 0.340 e. The summed E-state index contributed by atoms with van der Waals surface area (Å²) in [6.45, 7) is 2.60. The Balaban J connectivity index is 1.70. The molecule has 0 spiro atoms. The van der Waals surface area contributed by atoms with Crippen LogP contribution in [0.5, 0.6) is 0 Å². The number of fused-ring (bicyclic) bond motifs is 2. The number of hydrogen-bond donors (Lipinski definition) is 1. The van der Waals surface area contributed by atoms with Gasteiger partial charge in [0.05, 0.1) is 17.1 Å².